The van der Waals surface area contributed by atoms with E-state index in [4.69, 9.17) is 0 Å². The molecule has 2 amide bonds. The maximum absolute atomic E-state index is 14.1. The summed E-state index contributed by atoms with van der Waals surface area (Å²) < 4.78 is 13.7. The molecule has 2 heterocycles. The number of halogens is 1. The van der Waals surface area contributed by atoms with E-state index in [9.17, 15) is 14.0 Å². The number of nitrogens with zero attached hydrogens (tertiary/aromatic N) is 2. The topological polar surface area (TPSA) is 52.7 Å². The highest BCUT2D eigenvalue weighted by atomic mass is 19.1. The largest absolute Gasteiger partial charge is 0.351 e. The first kappa shape index (κ1) is 29.0. The summed E-state index contributed by atoms with van der Waals surface area (Å²) in [6.07, 6.45) is 8.17. The molecule has 2 atom stereocenters. The Bertz CT molecular complexity index is 964. The van der Waals surface area contributed by atoms with Gasteiger partial charge in [0, 0.05) is 42.5 Å². The number of amides is 2. The van der Waals surface area contributed by atoms with E-state index in [1.165, 1.54) is 31.4 Å². The second kappa shape index (κ2) is 11.3. The van der Waals surface area contributed by atoms with E-state index >= 15 is 0 Å². The predicted octanol–water partition coefficient (Wildman–Crippen LogP) is 6.13. The molecule has 1 N–H and O–H groups in total. The summed E-state index contributed by atoms with van der Waals surface area (Å²) in [4.78, 5) is 32.3. The molecule has 4 rings (SSSR count). The number of carbonyl (C=O) groups excluding carboxylic acids is 2. The Hall–Kier alpha value is -1.95. The van der Waals surface area contributed by atoms with Crippen molar-refractivity contribution in [1.29, 1.82) is 0 Å². The van der Waals surface area contributed by atoms with Crippen molar-refractivity contribution in [2.24, 2.45) is 17.3 Å². The molecule has 1 aromatic rings. The summed E-state index contributed by atoms with van der Waals surface area (Å²) >= 11 is 0. The van der Waals surface area contributed by atoms with E-state index < -0.39 is 0 Å². The van der Waals surface area contributed by atoms with Crippen LogP contribution in [-0.2, 0) is 9.59 Å². The van der Waals surface area contributed by atoms with Gasteiger partial charge in [-0.05, 0) is 104 Å². The summed E-state index contributed by atoms with van der Waals surface area (Å²) in [5.74, 6) is 0.463. The standard InChI is InChI=1S/C32H50FN3O2/c1-30(2,3)34-29(38)32(24-10-8-7-9-11-24)17-20-35(21-18-32)28(37)26-16-19-36(31(4,5)6)22-27(26)23-12-14-25(33)15-13-23/h12-15,24,26-27H,7-11,16-22H2,1-6H3,(H,34,38)/t26-,27+/m1/s1. The second-order valence-electron chi connectivity index (χ2n) is 14.2. The van der Waals surface area contributed by atoms with Crippen molar-refractivity contribution < 1.29 is 14.0 Å². The molecular weight excluding hydrogens is 477 g/mol. The molecule has 3 fully saturated rings. The number of rotatable bonds is 4. The van der Waals surface area contributed by atoms with E-state index in [-0.39, 0.29) is 46.0 Å². The lowest BCUT2D eigenvalue weighted by Gasteiger charge is -2.49. The number of hydrogen-bond acceptors (Lipinski definition) is 3. The summed E-state index contributed by atoms with van der Waals surface area (Å²) in [6, 6.07) is 6.74. The van der Waals surface area contributed by atoms with Gasteiger partial charge in [-0.25, -0.2) is 4.39 Å². The Balaban J connectivity index is 1.52. The van der Waals surface area contributed by atoms with Gasteiger partial charge in [0.1, 0.15) is 5.82 Å². The van der Waals surface area contributed by atoms with Crippen LogP contribution in [0.15, 0.2) is 24.3 Å². The van der Waals surface area contributed by atoms with Crippen LogP contribution in [0.25, 0.3) is 0 Å². The minimum absolute atomic E-state index is 0.0113. The molecule has 6 heteroatoms. The highest BCUT2D eigenvalue weighted by Gasteiger charge is 2.50. The average Bonchev–Trinajstić information content (AvgIpc) is 2.87. The third-order valence-electron chi connectivity index (χ3n) is 9.47. The molecule has 0 unspecified atom stereocenters. The van der Waals surface area contributed by atoms with Gasteiger partial charge >= 0.3 is 0 Å². The lowest BCUT2D eigenvalue weighted by atomic mass is 9.63. The Morgan fingerprint density at radius 3 is 2.05 bits per heavy atom. The number of nitrogens with one attached hydrogen (secondary N) is 1. The van der Waals surface area contributed by atoms with Gasteiger partial charge in [0.05, 0.1) is 5.41 Å². The molecular formula is C32H50FN3O2. The van der Waals surface area contributed by atoms with E-state index in [2.05, 4.69) is 51.8 Å². The first-order valence-electron chi connectivity index (χ1n) is 14.9. The average molecular weight is 528 g/mol. The van der Waals surface area contributed by atoms with E-state index in [0.717, 1.165) is 50.8 Å². The number of piperidine rings is 2. The summed E-state index contributed by atoms with van der Waals surface area (Å²) in [5, 5.41) is 3.31. The molecule has 1 saturated carbocycles. The van der Waals surface area contributed by atoms with Crippen molar-refractivity contribution in [2.45, 2.75) is 110 Å². The van der Waals surface area contributed by atoms with Crippen LogP contribution in [0.1, 0.15) is 104 Å². The monoisotopic (exact) mass is 527 g/mol. The van der Waals surface area contributed by atoms with E-state index in [0.29, 0.717) is 19.0 Å². The van der Waals surface area contributed by atoms with Crippen LogP contribution in [0.4, 0.5) is 4.39 Å². The molecule has 0 bridgehead atoms. The van der Waals surface area contributed by atoms with Gasteiger partial charge in [-0.2, -0.15) is 0 Å². The zero-order chi connectivity index (χ0) is 27.7. The fourth-order valence-electron chi connectivity index (χ4n) is 7.21. The molecule has 0 radical (unpaired) electrons. The van der Waals surface area contributed by atoms with E-state index in [1.807, 2.05) is 17.0 Å². The van der Waals surface area contributed by atoms with Crippen molar-refractivity contribution in [3.8, 4) is 0 Å². The zero-order valence-corrected chi connectivity index (χ0v) is 24.6. The fraction of sp³-hybridized carbons (Fsp3) is 0.750. The fourth-order valence-corrected chi connectivity index (χ4v) is 7.21. The van der Waals surface area contributed by atoms with Crippen molar-refractivity contribution in [3.63, 3.8) is 0 Å². The molecule has 1 aliphatic carbocycles. The van der Waals surface area contributed by atoms with Crippen molar-refractivity contribution in [1.82, 2.24) is 15.1 Å². The quantitative estimate of drug-likeness (QED) is 0.512. The first-order valence-corrected chi connectivity index (χ1v) is 14.9. The van der Waals surface area contributed by atoms with Crippen LogP contribution in [0, 0.1) is 23.1 Å². The lowest BCUT2D eigenvalue weighted by molar-refractivity contribution is -0.149. The third-order valence-corrected chi connectivity index (χ3v) is 9.47. The Morgan fingerprint density at radius 2 is 1.50 bits per heavy atom. The normalized spacial score (nSPS) is 25.7. The Kier molecular flexibility index (Phi) is 8.61. The van der Waals surface area contributed by atoms with Gasteiger partial charge in [0.25, 0.3) is 0 Å². The van der Waals surface area contributed by atoms with Crippen molar-refractivity contribution >= 4 is 11.8 Å². The highest BCUT2D eigenvalue weighted by molar-refractivity contribution is 5.85. The molecule has 5 nitrogen and oxygen atoms in total. The Morgan fingerprint density at radius 1 is 0.895 bits per heavy atom. The molecule has 212 valence electrons. The van der Waals surface area contributed by atoms with Crippen LogP contribution in [-0.4, -0.2) is 58.9 Å². The van der Waals surface area contributed by atoms with Gasteiger partial charge < -0.3 is 10.2 Å². The molecule has 3 aliphatic rings. The maximum Gasteiger partial charge on any atom is 0.227 e. The molecule has 38 heavy (non-hydrogen) atoms. The minimum Gasteiger partial charge on any atom is -0.351 e. The maximum atomic E-state index is 14.1. The molecule has 1 aromatic carbocycles. The van der Waals surface area contributed by atoms with Gasteiger partial charge in [-0.3, -0.25) is 14.5 Å². The molecule has 2 aliphatic heterocycles. The summed E-state index contributed by atoms with van der Waals surface area (Å²) in [5.41, 5.74) is 0.403. The minimum atomic E-state index is -0.379. The first-order chi connectivity index (χ1) is 17.8. The predicted molar refractivity (Wildman–Crippen MR) is 151 cm³/mol. The van der Waals surface area contributed by atoms with Gasteiger partial charge in [0.15, 0.2) is 0 Å². The third kappa shape index (κ3) is 6.43. The van der Waals surface area contributed by atoms with Gasteiger partial charge in [-0.15, -0.1) is 0 Å². The van der Waals surface area contributed by atoms with Crippen LogP contribution >= 0.6 is 0 Å². The number of hydrogen-bond donors (Lipinski definition) is 1. The van der Waals surface area contributed by atoms with Crippen molar-refractivity contribution in [3.05, 3.63) is 35.6 Å². The molecule has 0 aromatic heterocycles. The van der Waals surface area contributed by atoms with Gasteiger partial charge in [0.2, 0.25) is 11.8 Å². The lowest BCUT2D eigenvalue weighted by Crippen LogP contribution is -2.58. The number of likely N-dealkylation sites (tertiary alicyclic amines) is 2. The zero-order valence-electron chi connectivity index (χ0n) is 24.6. The summed E-state index contributed by atoms with van der Waals surface area (Å²) in [7, 11) is 0. The van der Waals surface area contributed by atoms with Crippen LogP contribution in [0.2, 0.25) is 0 Å². The smallest absolute Gasteiger partial charge is 0.227 e. The number of benzene rings is 1. The second-order valence-corrected chi connectivity index (χ2v) is 14.2. The molecule has 2 saturated heterocycles. The van der Waals surface area contributed by atoms with Gasteiger partial charge in [-0.1, -0.05) is 31.4 Å². The van der Waals surface area contributed by atoms with Crippen LogP contribution in [0.3, 0.4) is 0 Å². The highest BCUT2D eigenvalue weighted by Crippen LogP contribution is 2.47. The van der Waals surface area contributed by atoms with Crippen LogP contribution < -0.4 is 5.32 Å². The molecule has 0 spiro atoms. The van der Waals surface area contributed by atoms with Crippen molar-refractivity contribution in [2.75, 3.05) is 26.2 Å². The number of carbonyl (C=O) groups is 2. The van der Waals surface area contributed by atoms with Crippen LogP contribution in [0.5, 0.6) is 0 Å². The summed E-state index contributed by atoms with van der Waals surface area (Å²) in [6.45, 7) is 15.8. The Labute approximate surface area is 229 Å². The van der Waals surface area contributed by atoms with E-state index in [1.54, 1.807) is 0 Å². The SMILES string of the molecule is CC(C)(C)NC(=O)C1(C2CCCCC2)CCN(C(=O)[C@@H]2CCN(C(C)(C)C)C[C@H]2c2ccc(F)cc2)CC1.